The molecule has 0 aliphatic rings. The number of nitrogens with zero attached hydrogens (tertiary/aromatic N) is 1. The molecular formula is C9H9N2NaO3. The van der Waals surface area contributed by atoms with E-state index < -0.39 is 5.97 Å². The first-order valence-corrected chi connectivity index (χ1v) is 3.86. The zero-order valence-corrected chi connectivity index (χ0v) is 10.5. The van der Waals surface area contributed by atoms with Gasteiger partial charge in [-0.15, -0.1) is 0 Å². The minimum absolute atomic E-state index is 0. The molecular weight excluding hydrogens is 207 g/mol. The zero-order valence-electron chi connectivity index (χ0n) is 8.52. The summed E-state index contributed by atoms with van der Waals surface area (Å²) in [4.78, 5) is 14.2. The first kappa shape index (κ1) is 14.0. The van der Waals surface area contributed by atoms with Crippen LogP contribution in [0.2, 0.25) is 0 Å². The van der Waals surface area contributed by atoms with Crippen LogP contribution in [0.5, 0.6) is 0 Å². The van der Waals surface area contributed by atoms with Crippen molar-refractivity contribution in [2.45, 2.75) is 6.92 Å². The number of aliphatic imine (C=N–C) groups is 1. The first-order chi connectivity index (χ1) is 6.50. The van der Waals surface area contributed by atoms with Crippen LogP contribution < -0.4 is 40.4 Å². The van der Waals surface area contributed by atoms with Gasteiger partial charge in [-0.1, -0.05) is 0 Å². The van der Waals surface area contributed by atoms with Gasteiger partial charge in [0.15, 0.2) is 0 Å². The van der Waals surface area contributed by atoms with Crippen LogP contribution in [0, 0.1) is 0 Å². The van der Waals surface area contributed by atoms with Gasteiger partial charge in [0, 0.05) is 5.69 Å². The predicted octanol–water partition coefficient (Wildman–Crippen LogP) is -2.62. The van der Waals surface area contributed by atoms with Crippen molar-refractivity contribution in [2.24, 2.45) is 4.99 Å². The number of benzene rings is 1. The van der Waals surface area contributed by atoms with Gasteiger partial charge in [-0.25, -0.2) is 4.79 Å². The van der Waals surface area contributed by atoms with Crippen LogP contribution in [0.3, 0.4) is 0 Å². The van der Waals surface area contributed by atoms with Gasteiger partial charge in [-0.05, 0) is 31.0 Å². The number of carboxylic acid groups (broad SMARTS) is 1. The van der Waals surface area contributed by atoms with Gasteiger partial charge in [0.2, 0.25) is 0 Å². The molecule has 0 atom stereocenters. The fourth-order valence-corrected chi connectivity index (χ4v) is 0.981. The maximum atomic E-state index is 10.7. The molecule has 5 nitrogen and oxygen atoms in total. The largest absolute Gasteiger partial charge is 1.00 e. The molecule has 6 heteroatoms. The second-order valence-corrected chi connectivity index (χ2v) is 2.71. The molecule has 0 saturated heterocycles. The van der Waals surface area contributed by atoms with Crippen molar-refractivity contribution in [1.82, 2.24) is 0 Å². The Morgan fingerprint density at radius 3 is 2.60 bits per heavy atom. The molecule has 0 saturated carbocycles. The Morgan fingerprint density at radius 1 is 1.53 bits per heavy atom. The number of nitrogens with two attached hydrogens (primary N) is 1. The third-order valence-corrected chi connectivity index (χ3v) is 1.55. The summed E-state index contributed by atoms with van der Waals surface area (Å²) in [6, 6.07) is 4.16. The van der Waals surface area contributed by atoms with Crippen LogP contribution in [0.1, 0.15) is 17.3 Å². The molecule has 0 bridgehead atoms. The quantitative estimate of drug-likeness (QED) is 0.245. The van der Waals surface area contributed by atoms with Crippen LogP contribution in [0.4, 0.5) is 11.4 Å². The summed E-state index contributed by atoms with van der Waals surface area (Å²) in [5.41, 5.74) is 5.81. The second kappa shape index (κ2) is 5.75. The third-order valence-electron chi connectivity index (χ3n) is 1.55. The Labute approximate surface area is 109 Å². The van der Waals surface area contributed by atoms with Crippen LogP contribution >= 0.6 is 0 Å². The summed E-state index contributed by atoms with van der Waals surface area (Å²) in [5, 5.41) is 19.4. The molecule has 0 fully saturated rings. The van der Waals surface area contributed by atoms with E-state index in [2.05, 4.69) is 4.99 Å². The Balaban J connectivity index is 0.00000196. The fraction of sp³-hybridized carbons (Fsp3) is 0.111. The Kier molecular flexibility index (Phi) is 5.35. The van der Waals surface area contributed by atoms with Gasteiger partial charge < -0.3 is 15.9 Å². The number of hydrogen-bond acceptors (Lipinski definition) is 4. The average Bonchev–Trinajstić information content (AvgIpc) is 2.07. The van der Waals surface area contributed by atoms with Gasteiger partial charge in [0.25, 0.3) is 0 Å². The van der Waals surface area contributed by atoms with Crippen molar-refractivity contribution >= 4 is 23.2 Å². The Morgan fingerprint density at radius 2 is 2.13 bits per heavy atom. The van der Waals surface area contributed by atoms with Crippen molar-refractivity contribution in [3.05, 3.63) is 23.8 Å². The zero-order chi connectivity index (χ0) is 10.7. The fourth-order valence-electron chi connectivity index (χ4n) is 0.981. The molecule has 0 unspecified atom stereocenters. The van der Waals surface area contributed by atoms with Gasteiger partial charge in [0.05, 0.1) is 11.3 Å². The summed E-state index contributed by atoms with van der Waals surface area (Å²) >= 11 is 0. The number of carboxylic acids is 1. The standard InChI is InChI=1S/C9H10N2O3.Na/c1-5(12)11-6-2-3-8(10)7(4-6)9(13)14;/h2-4H,10H2,1H3,(H,11,12)(H,13,14);/q;+1/p-1. The minimum atomic E-state index is -1.14. The summed E-state index contributed by atoms with van der Waals surface area (Å²) < 4.78 is 0. The molecule has 0 heterocycles. The molecule has 15 heavy (non-hydrogen) atoms. The molecule has 1 rings (SSSR count). The molecule has 0 spiro atoms. The Hall–Kier alpha value is -1.04. The van der Waals surface area contributed by atoms with Crippen molar-refractivity contribution in [1.29, 1.82) is 0 Å². The van der Waals surface area contributed by atoms with Crippen LogP contribution in [0.25, 0.3) is 0 Å². The molecule has 74 valence electrons. The molecule has 0 aliphatic carbocycles. The number of rotatable bonds is 2. The van der Waals surface area contributed by atoms with Gasteiger partial charge in [0.1, 0.15) is 0 Å². The van der Waals surface area contributed by atoms with Crippen LogP contribution in [0.15, 0.2) is 23.2 Å². The molecule has 3 N–H and O–H groups in total. The summed E-state index contributed by atoms with van der Waals surface area (Å²) in [5.74, 6) is -1.52. The van der Waals surface area contributed by atoms with Crippen LogP contribution in [-0.4, -0.2) is 17.0 Å². The monoisotopic (exact) mass is 216 g/mol. The summed E-state index contributed by atoms with van der Waals surface area (Å²) in [6.07, 6.45) is 0. The SMILES string of the molecule is CC([O-])=Nc1ccc(N)c(C(=O)O)c1.[Na+]. The van der Waals surface area contributed by atoms with E-state index in [4.69, 9.17) is 10.8 Å². The molecule has 0 aromatic heterocycles. The summed E-state index contributed by atoms with van der Waals surface area (Å²) in [7, 11) is 0. The van der Waals surface area contributed by atoms with E-state index in [1.807, 2.05) is 0 Å². The van der Waals surface area contributed by atoms with Gasteiger partial charge in [-0.2, -0.15) is 0 Å². The number of aromatic carboxylic acids is 1. The number of anilines is 1. The van der Waals surface area contributed by atoms with E-state index in [9.17, 15) is 9.90 Å². The normalized spacial score (nSPS) is 10.6. The van der Waals surface area contributed by atoms with Crippen molar-refractivity contribution in [2.75, 3.05) is 5.73 Å². The maximum absolute atomic E-state index is 10.7. The van der Waals surface area contributed by atoms with Crippen LogP contribution in [-0.2, 0) is 0 Å². The minimum Gasteiger partial charge on any atom is -0.862 e. The van der Waals surface area contributed by atoms with Crippen molar-refractivity contribution < 1.29 is 44.6 Å². The molecule has 0 radical (unpaired) electrons. The van der Waals surface area contributed by atoms with Gasteiger partial charge in [-0.3, -0.25) is 4.99 Å². The van der Waals surface area contributed by atoms with Crippen molar-refractivity contribution in [3.63, 3.8) is 0 Å². The smallest absolute Gasteiger partial charge is 0.862 e. The van der Waals surface area contributed by atoms with E-state index in [-0.39, 0.29) is 46.7 Å². The molecule has 1 aromatic rings. The number of nitrogen functional groups attached to an aromatic ring is 1. The third kappa shape index (κ3) is 3.91. The second-order valence-electron chi connectivity index (χ2n) is 2.71. The van der Waals surface area contributed by atoms with E-state index in [0.29, 0.717) is 5.69 Å². The molecule has 0 amide bonds. The van der Waals surface area contributed by atoms with E-state index in [1.165, 1.54) is 25.1 Å². The van der Waals surface area contributed by atoms with Crippen molar-refractivity contribution in [3.8, 4) is 0 Å². The molecule has 1 aromatic carbocycles. The van der Waals surface area contributed by atoms with E-state index >= 15 is 0 Å². The summed E-state index contributed by atoms with van der Waals surface area (Å²) in [6.45, 7) is 1.29. The van der Waals surface area contributed by atoms with Gasteiger partial charge >= 0.3 is 35.5 Å². The topological polar surface area (TPSA) is 98.7 Å². The Bertz CT molecular complexity index is 400. The predicted molar refractivity (Wildman–Crippen MR) is 50.6 cm³/mol. The number of hydrogen-bond donors (Lipinski definition) is 2. The van der Waals surface area contributed by atoms with E-state index in [1.54, 1.807) is 0 Å². The number of carbonyl (C=O) groups is 1. The van der Waals surface area contributed by atoms with E-state index in [0.717, 1.165) is 0 Å². The average molecular weight is 216 g/mol. The first-order valence-electron chi connectivity index (χ1n) is 3.86. The molecule has 0 aliphatic heterocycles. The maximum Gasteiger partial charge on any atom is 1.00 e.